The molecule has 0 amide bonds. The standard InChI is InChI=1S/C17H24F3N3OS.HI/c1-2-21-16(23-11-15-7-4-8-25-15)22-10-13-5-3-6-14(9-13)24-12-17(18,19)20;/h3,5-6,9,15H,2,4,7-8,10-12H2,1H3,(H2,21,22,23);1H. The zero-order chi connectivity index (χ0) is 18.1. The number of aliphatic imine (C=N–C) groups is 1. The number of hydrogen-bond acceptors (Lipinski definition) is 3. The van der Waals surface area contributed by atoms with E-state index in [0.717, 1.165) is 24.6 Å². The van der Waals surface area contributed by atoms with Crippen LogP contribution in [0.25, 0.3) is 0 Å². The van der Waals surface area contributed by atoms with E-state index in [-0.39, 0.29) is 29.7 Å². The Morgan fingerprint density at radius 1 is 1.35 bits per heavy atom. The smallest absolute Gasteiger partial charge is 0.422 e. The highest BCUT2D eigenvalue weighted by atomic mass is 127. The summed E-state index contributed by atoms with van der Waals surface area (Å²) in [5.74, 6) is 2.13. The van der Waals surface area contributed by atoms with E-state index in [0.29, 0.717) is 11.8 Å². The number of nitrogens with zero attached hydrogens (tertiary/aromatic N) is 1. The predicted molar refractivity (Wildman–Crippen MR) is 112 cm³/mol. The molecule has 2 rings (SSSR count). The Kier molecular flexibility index (Phi) is 10.5. The molecule has 1 aliphatic rings. The molecule has 1 fully saturated rings. The summed E-state index contributed by atoms with van der Waals surface area (Å²) in [6, 6.07) is 6.60. The molecule has 1 aromatic carbocycles. The van der Waals surface area contributed by atoms with Crippen molar-refractivity contribution < 1.29 is 17.9 Å². The van der Waals surface area contributed by atoms with E-state index in [1.165, 1.54) is 24.7 Å². The number of guanidine groups is 1. The summed E-state index contributed by atoms with van der Waals surface area (Å²) in [6.45, 7) is 2.69. The molecule has 0 radical (unpaired) electrons. The molecule has 0 spiro atoms. The van der Waals surface area contributed by atoms with E-state index in [1.807, 2.05) is 24.8 Å². The fourth-order valence-electron chi connectivity index (χ4n) is 2.43. The maximum atomic E-state index is 12.2. The van der Waals surface area contributed by atoms with Gasteiger partial charge in [-0.3, -0.25) is 0 Å². The van der Waals surface area contributed by atoms with Gasteiger partial charge >= 0.3 is 6.18 Å². The van der Waals surface area contributed by atoms with Crippen LogP contribution in [-0.2, 0) is 6.54 Å². The summed E-state index contributed by atoms with van der Waals surface area (Å²) in [6.07, 6.45) is -1.86. The summed E-state index contributed by atoms with van der Waals surface area (Å²) in [7, 11) is 0. The van der Waals surface area contributed by atoms with Crippen LogP contribution in [0.15, 0.2) is 29.3 Å². The molecule has 1 heterocycles. The summed E-state index contributed by atoms with van der Waals surface area (Å²) in [5, 5.41) is 7.13. The summed E-state index contributed by atoms with van der Waals surface area (Å²) in [5.41, 5.74) is 0.798. The lowest BCUT2D eigenvalue weighted by molar-refractivity contribution is -0.153. The SMILES string of the molecule is CCNC(=NCc1cccc(OCC(F)(F)F)c1)NCC1CCCS1.I. The van der Waals surface area contributed by atoms with E-state index < -0.39 is 12.8 Å². The minimum Gasteiger partial charge on any atom is -0.484 e. The highest BCUT2D eigenvalue weighted by Crippen LogP contribution is 2.25. The number of hydrogen-bond donors (Lipinski definition) is 2. The molecule has 9 heteroatoms. The van der Waals surface area contributed by atoms with Crippen LogP contribution < -0.4 is 15.4 Å². The molecule has 1 unspecified atom stereocenters. The van der Waals surface area contributed by atoms with Gasteiger partial charge in [-0.25, -0.2) is 4.99 Å². The van der Waals surface area contributed by atoms with Crippen molar-refractivity contribution in [2.24, 2.45) is 4.99 Å². The monoisotopic (exact) mass is 503 g/mol. The first-order chi connectivity index (χ1) is 12.0. The average molecular weight is 503 g/mol. The molecule has 1 saturated heterocycles. The first-order valence-corrected chi connectivity index (χ1v) is 9.43. The molecule has 148 valence electrons. The molecule has 1 atom stereocenters. The van der Waals surface area contributed by atoms with Crippen LogP contribution in [0.2, 0.25) is 0 Å². The second kappa shape index (κ2) is 11.8. The third-order valence-corrected chi connectivity index (χ3v) is 4.98. The van der Waals surface area contributed by atoms with Gasteiger partial charge in [0.25, 0.3) is 0 Å². The maximum absolute atomic E-state index is 12.2. The topological polar surface area (TPSA) is 45.7 Å². The number of benzene rings is 1. The number of thioether (sulfide) groups is 1. The number of rotatable bonds is 7. The molecule has 26 heavy (non-hydrogen) atoms. The Morgan fingerprint density at radius 3 is 2.81 bits per heavy atom. The zero-order valence-electron chi connectivity index (χ0n) is 14.6. The summed E-state index contributed by atoms with van der Waals surface area (Å²) < 4.78 is 41.5. The Hall–Kier alpha value is -0.840. The zero-order valence-corrected chi connectivity index (χ0v) is 17.8. The minimum absolute atomic E-state index is 0. The van der Waals surface area contributed by atoms with Gasteiger partial charge in [0.1, 0.15) is 5.75 Å². The van der Waals surface area contributed by atoms with Crippen LogP contribution in [-0.4, -0.2) is 42.8 Å². The van der Waals surface area contributed by atoms with Crippen molar-refractivity contribution in [2.75, 3.05) is 25.4 Å². The van der Waals surface area contributed by atoms with Crippen LogP contribution in [0.5, 0.6) is 5.75 Å². The first-order valence-electron chi connectivity index (χ1n) is 8.38. The largest absolute Gasteiger partial charge is 0.484 e. The van der Waals surface area contributed by atoms with Crippen molar-refractivity contribution in [3.63, 3.8) is 0 Å². The highest BCUT2D eigenvalue weighted by molar-refractivity contribution is 14.0. The Labute approximate surface area is 173 Å². The minimum atomic E-state index is -4.34. The lowest BCUT2D eigenvalue weighted by Gasteiger charge is -2.14. The molecular weight excluding hydrogens is 478 g/mol. The molecule has 1 aliphatic heterocycles. The van der Waals surface area contributed by atoms with Crippen molar-refractivity contribution in [3.8, 4) is 5.75 Å². The van der Waals surface area contributed by atoms with Crippen molar-refractivity contribution in [3.05, 3.63) is 29.8 Å². The Bertz CT molecular complexity index is 566. The fraction of sp³-hybridized carbons (Fsp3) is 0.588. The quantitative estimate of drug-likeness (QED) is 0.333. The molecular formula is C17H25F3IN3OS. The molecule has 1 aromatic rings. The van der Waals surface area contributed by atoms with Gasteiger partial charge < -0.3 is 15.4 Å². The van der Waals surface area contributed by atoms with Crippen molar-refractivity contribution in [1.29, 1.82) is 0 Å². The second-order valence-corrected chi connectivity index (χ2v) is 7.17. The van der Waals surface area contributed by atoms with Crippen molar-refractivity contribution in [2.45, 2.75) is 37.7 Å². The number of alkyl halides is 3. The van der Waals surface area contributed by atoms with E-state index >= 15 is 0 Å². The van der Waals surface area contributed by atoms with Gasteiger partial charge in [0.15, 0.2) is 12.6 Å². The number of ether oxygens (including phenoxy) is 1. The normalized spacial score (nSPS) is 17.5. The Balaban J connectivity index is 0.00000338. The van der Waals surface area contributed by atoms with Gasteiger partial charge in [-0.05, 0) is 43.2 Å². The lowest BCUT2D eigenvalue weighted by Crippen LogP contribution is -2.40. The maximum Gasteiger partial charge on any atom is 0.422 e. The molecule has 0 aromatic heterocycles. The fourth-order valence-corrected chi connectivity index (χ4v) is 3.63. The van der Waals surface area contributed by atoms with Crippen LogP contribution in [0.4, 0.5) is 13.2 Å². The molecule has 0 aliphatic carbocycles. The second-order valence-electron chi connectivity index (χ2n) is 5.76. The van der Waals surface area contributed by atoms with Crippen molar-refractivity contribution >= 4 is 41.7 Å². The van der Waals surface area contributed by atoms with Crippen LogP contribution in [0.3, 0.4) is 0 Å². The van der Waals surface area contributed by atoms with Crippen LogP contribution in [0, 0.1) is 0 Å². The van der Waals surface area contributed by atoms with Gasteiger partial charge in [0, 0.05) is 18.3 Å². The number of nitrogens with one attached hydrogen (secondary N) is 2. The molecule has 2 N–H and O–H groups in total. The molecule has 0 saturated carbocycles. The van der Waals surface area contributed by atoms with E-state index in [2.05, 4.69) is 15.6 Å². The first kappa shape index (κ1) is 23.2. The van der Waals surface area contributed by atoms with Gasteiger partial charge in [0.2, 0.25) is 0 Å². The van der Waals surface area contributed by atoms with Crippen LogP contribution >= 0.6 is 35.7 Å². The number of halogens is 4. The highest BCUT2D eigenvalue weighted by Gasteiger charge is 2.28. The lowest BCUT2D eigenvalue weighted by atomic mass is 10.2. The van der Waals surface area contributed by atoms with Gasteiger partial charge in [0.05, 0.1) is 6.54 Å². The molecule has 0 bridgehead atoms. The average Bonchev–Trinajstić information content (AvgIpc) is 3.09. The summed E-state index contributed by atoms with van der Waals surface area (Å²) in [4.78, 5) is 4.50. The molecule has 4 nitrogen and oxygen atoms in total. The van der Waals surface area contributed by atoms with Crippen molar-refractivity contribution in [1.82, 2.24) is 10.6 Å². The third kappa shape index (κ3) is 9.20. The van der Waals surface area contributed by atoms with Crippen LogP contribution in [0.1, 0.15) is 25.3 Å². The third-order valence-electron chi connectivity index (χ3n) is 3.59. The summed E-state index contributed by atoms with van der Waals surface area (Å²) >= 11 is 1.97. The van der Waals surface area contributed by atoms with E-state index in [4.69, 9.17) is 4.74 Å². The van der Waals surface area contributed by atoms with E-state index in [9.17, 15) is 13.2 Å². The van der Waals surface area contributed by atoms with Gasteiger partial charge in [-0.1, -0.05) is 12.1 Å². The predicted octanol–water partition coefficient (Wildman–Crippen LogP) is 4.20. The van der Waals surface area contributed by atoms with Gasteiger partial charge in [-0.15, -0.1) is 24.0 Å². The Morgan fingerprint density at radius 2 is 2.15 bits per heavy atom. The van der Waals surface area contributed by atoms with Gasteiger partial charge in [-0.2, -0.15) is 24.9 Å². The van der Waals surface area contributed by atoms with E-state index in [1.54, 1.807) is 12.1 Å².